The highest BCUT2D eigenvalue weighted by molar-refractivity contribution is 9.10. The zero-order valence-electron chi connectivity index (χ0n) is 11.2. The zero-order chi connectivity index (χ0) is 14.7. The molecule has 0 aliphatic rings. The van der Waals surface area contributed by atoms with Crippen molar-refractivity contribution in [2.24, 2.45) is 0 Å². The molecular formula is C15H14BrClN2O. The van der Waals surface area contributed by atoms with Gasteiger partial charge in [0.05, 0.1) is 0 Å². The van der Waals surface area contributed by atoms with Crippen molar-refractivity contribution in [3.05, 3.63) is 56.8 Å². The second-order valence-corrected chi connectivity index (χ2v) is 5.80. The largest absolute Gasteiger partial charge is 0.322 e. The van der Waals surface area contributed by atoms with Gasteiger partial charge in [-0.3, -0.25) is 4.79 Å². The lowest BCUT2D eigenvalue weighted by Gasteiger charge is -2.08. The van der Waals surface area contributed by atoms with Crippen molar-refractivity contribution >= 4 is 39.1 Å². The smallest absolute Gasteiger partial charge is 0.255 e. The van der Waals surface area contributed by atoms with Gasteiger partial charge in [0.2, 0.25) is 0 Å². The molecule has 2 aromatic rings. The minimum absolute atomic E-state index is 0.193. The standard InChI is InChI=1S/C15H14BrClN2O/c1-3-12-6-10(7-14(17)18-12)15(20)19-13-5-9(2)4-11(16)8-13/h4-8H,3H2,1-2H3,(H,19,20). The zero-order valence-corrected chi connectivity index (χ0v) is 13.5. The third kappa shape index (κ3) is 3.81. The number of hydrogen-bond donors (Lipinski definition) is 1. The lowest BCUT2D eigenvalue weighted by atomic mass is 10.1. The van der Waals surface area contributed by atoms with E-state index >= 15 is 0 Å². The normalized spacial score (nSPS) is 10.4. The number of aromatic nitrogens is 1. The van der Waals surface area contributed by atoms with Crippen LogP contribution >= 0.6 is 27.5 Å². The van der Waals surface area contributed by atoms with Crippen molar-refractivity contribution in [3.8, 4) is 0 Å². The van der Waals surface area contributed by atoms with Crippen LogP contribution in [0.1, 0.15) is 28.5 Å². The third-order valence-corrected chi connectivity index (χ3v) is 3.42. The van der Waals surface area contributed by atoms with E-state index in [2.05, 4.69) is 26.2 Å². The molecule has 1 N–H and O–H groups in total. The highest BCUT2D eigenvalue weighted by atomic mass is 79.9. The number of carbonyl (C=O) groups is 1. The van der Waals surface area contributed by atoms with Crippen LogP contribution in [-0.4, -0.2) is 10.9 Å². The van der Waals surface area contributed by atoms with Gasteiger partial charge in [-0.15, -0.1) is 0 Å². The Labute approximate surface area is 131 Å². The van der Waals surface area contributed by atoms with Gasteiger partial charge in [-0.05, 0) is 49.2 Å². The average Bonchev–Trinajstić information content (AvgIpc) is 2.36. The maximum absolute atomic E-state index is 12.2. The van der Waals surface area contributed by atoms with Crippen LogP contribution in [-0.2, 0) is 6.42 Å². The summed E-state index contributed by atoms with van der Waals surface area (Å²) in [7, 11) is 0. The topological polar surface area (TPSA) is 42.0 Å². The maximum atomic E-state index is 12.2. The third-order valence-electron chi connectivity index (χ3n) is 2.77. The molecule has 3 nitrogen and oxygen atoms in total. The molecule has 0 atom stereocenters. The number of carbonyl (C=O) groups excluding carboxylic acids is 1. The van der Waals surface area contributed by atoms with E-state index < -0.39 is 0 Å². The minimum atomic E-state index is -0.193. The van der Waals surface area contributed by atoms with Gasteiger partial charge in [-0.1, -0.05) is 34.5 Å². The van der Waals surface area contributed by atoms with Crippen LogP contribution in [0.4, 0.5) is 5.69 Å². The first-order valence-electron chi connectivity index (χ1n) is 6.23. The summed E-state index contributed by atoms with van der Waals surface area (Å²) in [5.41, 5.74) is 3.12. The molecular weight excluding hydrogens is 340 g/mol. The summed E-state index contributed by atoms with van der Waals surface area (Å²) in [5.74, 6) is -0.193. The van der Waals surface area contributed by atoms with Gasteiger partial charge in [0.25, 0.3) is 5.91 Å². The number of nitrogens with one attached hydrogen (secondary N) is 1. The molecule has 1 heterocycles. The number of anilines is 1. The van der Waals surface area contributed by atoms with Crippen LogP contribution in [0, 0.1) is 6.92 Å². The summed E-state index contributed by atoms with van der Waals surface area (Å²) in [4.78, 5) is 16.4. The fourth-order valence-corrected chi connectivity index (χ4v) is 2.71. The molecule has 20 heavy (non-hydrogen) atoms. The van der Waals surface area contributed by atoms with Crippen LogP contribution in [0.2, 0.25) is 5.15 Å². The first kappa shape index (κ1) is 15.0. The number of hydrogen-bond acceptors (Lipinski definition) is 2. The Hall–Kier alpha value is -1.39. The molecule has 2 rings (SSSR count). The number of amides is 1. The van der Waals surface area contributed by atoms with Crippen molar-refractivity contribution in [1.82, 2.24) is 4.98 Å². The monoisotopic (exact) mass is 352 g/mol. The van der Waals surface area contributed by atoms with Gasteiger partial charge < -0.3 is 5.32 Å². The van der Waals surface area contributed by atoms with Crippen molar-refractivity contribution in [3.63, 3.8) is 0 Å². The highest BCUT2D eigenvalue weighted by Crippen LogP contribution is 2.20. The molecule has 0 saturated carbocycles. The molecule has 0 fully saturated rings. The Balaban J connectivity index is 2.25. The molecule has 0 aliphatic heterocycles. The molecule has 0 saturated heterocycles. The SMILES string of the molecule is CCc1cc(C(=O)Nc2cc(C)cc(Br)c2)cc(Cl)n1. The van der Waals surface area contributed by atoms with Gasteiger partial charge in [0.1, 0.15) is 5.15 Å². The molecule has 5 heteroatoms. The van der Waals surface area contributed by atoms with Crippen LogP contribution in [0.3, 0.4) is 0 Å². The Bertz CT molecular complexity index is 638. The van der Waals surface area contributed by atoms with Crippen molar-refractivity contribution < 1.29 is 4.79 Å². The molecule has 0 radical (unpaired) electrons. The number of rotatable bonds is 3. The second-order valence-electron chi connectivity index (χ2n) is 4.49. The minimum Gasteiger partial charge on any atom is -0.322 e. The maximum Gasteiger partial charge on any atom is 0.255 e. The second kappa shape index (κ2) is 6.37. The molecule has 0 unspecified atom stereocenters. The van der Waals surface area contributed by atoms with Gasteiger partial charge >= 0.3 is 0 Å². The molecule has 0 aliphatic carbocycles. The summed E-state index contributed by atoms with van der Waals surface area (Å²) < 4.78 is 0.926. The Morgan fingerprint density at radius 3 is 2.70 bits per heavy atom. The van der Waals surface area contributed by atoms with E-state index in [9.17, 15) is 4.79 Å². The van der Waals surface area contributed by atoms with E-state index in [0.717, 1.165) is 27.8 Å². The van der Waals surface area contributed by atoms with Crippen LogP contribution < -0.4 is 5.32 Å². The van der Waals surface area contributed by atoms with Gasteiger partial charge in [0.15, 0.2) is 0 Å². The molecule has 1 amide bonds. The fraction of sp³-hybridized carbons (Fsp3) is 0.200. The fourth-order valence-electron chi connectivity index (χ4n) is 1.88. The number of benzene rings is 1. The average molecular weight is 354 g/mol. The van der Waals surface area contributed by atoms with Gasteiger partial charge in [-0.2, -0.15) is 0 Å². The summed E-state index contributed by atoms with van der Waals surface area (Å²) >= 11 is 9.34. The van der Waals surface area contributed by atoms with Crippen LogP contribution in [0.15, 0.2) is 34.8 Å². The molecule has 1 aromatic heterocycles. The number of nitrogens with zero attached hydrogens (tertiary/aromatic N) is 1. The predicted molar refractivity (Wildman–Crippen MR) is 85.5 cm³/mol. The van der Waals surface area contributed by atoms with Crippen LogP contribution in [0.25, 0.3) is 0 Å². The summed E-state index contributed by atoms with van der Waals surface area (Å²) in [6, 6.07) is 9.07. The number of halogens is 2. The first-order valence-corrected chi connectivity index (χ1v) is 7.40. The van der Waals surface area contributed by atoms with E-state index in [1.807, 2.05) is 32.0 Å². The lowest BCUT2D eigenvalue weighted by molar-refractivity contribution is 0.102. The highest BCUT2D eigenvalue weighted by Gasteiger charge is 2.09. The Morgan fingerprint density at radius 2 is 2.05 bits per heavy atom. The molecule has 104 valence electrons. The summed E-state index contributed by atoms with van der Waals surface area (Å²) in [6.07, 6.45) is 0.733. The molecule has 0 spiro atoms. The lowest BCUT2D eigenvalue weighted by Crippen LogP contribution is -2.13. The Morgan fingerprint density at radius 1 is 1.30 bits per heavy atom. The van der Waals surface area contributed by atoms with E-state index in [0.29, 0.717) is 10.7 Å². The van der Waals surface area contributed by atoms with E-state index in [1.165, 1.54) is 0 Å². The van der Waals surface area contributed by atoms with Crippen molar-refractivity contribution in [2.75, 3.05) is 5.32 Å². The van der Waals surface area contributed by atoms with E-state index in [1.54, 1.807) is 12.1 Å². The quantitative estimate of drug-likeness (QED) is 0.818. The number of pyridine rings is 1. The summed E-state index contributed by atoms with van der Waals surface area (Å²) in [6.45, 7) is 3.94. The molecule has 1 aromatic carbocycles. The van der Waals surface area contributed by atoms with Gasteiger partial charge in [-0.25, -0.2) is 4.98 Å². The van der Waals surface area contributed by atoms with Gasteiger partial charge in [0, 0.05) is 21.4 Å². The molecule has 0 bridgehead atoms. The predicted octanol–water partition coefficient (Wildman–Crippen LogP) is 4.62. The van der Waals surface area contributed by atoms with Crippen LogP contribution in [0.5, 0.6) is 0 Å². The van der Waals surface area contributed by atoms with E-state index in [4.69, 9.17) is 11.6 Å². The van der Waals surface area contributed by atoms with Crippen molar-refractivity contribution in [2.45, 2.75) is 20.3 Å². The van der Waals surface area contributed by atoms with Crippen molar-refractivity contribution in [1.29, 1.82) is 0 Å². The Kier molecular flexibility index (Phi) is 4.78. The summed E-state index contributed by atoms with van der Waals surface area (Å²) in [5, 5.41) is 3.20. The number of aryl methyl sites for hydroxylation is 2. The first-order chi connectivity index (χ1) is 9.47. The van der Waals surface area contributed by atoms with E-state index in [-0.39, 0.29) is 5.91 Å².